The summed E-state index contributed by atoms with van der Waals surface area (Å²) in [5, 5.41) is 0. The third kappa shape index (κ3) is 3.34. The molecule has 1 aliphatic heterocycles. The van der Waals surface area contributed by atoms with Crippen LogP contribution < -0.4 is 10.4 Å². The summed E-state index contributed by atoms with van der Waals surface area (Å²) < 4.78 is 32.3. The Bertz CT molecular complexity index is 879. The number of hydrogen-bond donors (Lipinski definition) is 1. The van der Waals surface area contributed by atoms with Crippen LogP contribution in [-0.4, -0.2) is 42.9 Å². The Morgan fingerprint density at radius 3 is 2.92 bits per heavy atom. The molecule has 0 aliphatic carbocycles. The summed E-state index contributed by atoms with van der Waals surface area (Å²) in [7, 11) is -2.10. The van der Waals surface area contributed by atoms with Crippen molar-refractivity contribution >= 4 is 10.0 Å². The van der Waals surface area contributed by atoms with Gasteiger partial charge in [0.2, 0.25) is 10.0 Å². The molecule has 1 fully saturated rings. The van der Waals surface area contributed by atoms with Crippen LogP contribution in [0, 0.1) is 0 Å². The Morgan fingerprint density at radius 1 is 1.33 bits per heavy atom. The Morgan fingerprint density at radius 2 is 2.17 bits per heavy atom. The van der Waals surface area contributed by atoms with Gasteiger partial charge in [-0.15, -0.1) is 0 Å². The van der Waals surface area contributed by atoms with Gasteiger partial charge in [0.25, 0.3) is 0 Å². The van der Waals surface area contributed by atoms with E-state index in [1.807, 2.05) is 0 Å². The first-order valence-corrected chi connectivity index (χ1v) is 9.14. The van der Waals surface area contributed by atoms with E-state index in [4.69, 9.17) is 4.74 Å². The Balaban J connectivity index is 1.87. The maximum atomic E-state index is 12.9. The molecular formula is C16H19N3O4S. The zero-order valence-corrected chi connectivity index (χ0v) is 14.1. The van der Waals surface area contributed by atoms with Crippen molar-refractivity contribution in [2.75, 3.05) is 20.2 Å². The van der Waals surface area contributed by atoms with Gasteiger partial charge in [-0.2, -0.15) is 4.31 Å². The van der Waals surface area contributed by atoms with E-state index in [0.717, 1.165) is 18.5 Å². The quantitative estimate of drug-likeness (QED) is 0.899. The molecule has 2 aromatic rings. The molecule has 0 spiro atoms. The molecule has 7 nitrogen and oxygen atoms in total. The smallest absolute Gasteiger partial charge is 0.345 e. The first-order chi connectivity index (χ1) is 11.5. The van der Waals surface area contributed by atoms with Crippen LogP contribution in [0.25, 0.3) is 0 Å². The van der Waals surface area contributed by atoms with Crippen LogP contribution in [0.15, 0.2) is 46.2 Å². The standard InChI is InChI=1S/C16H19N3O4S/c1-23-13-5-2-6-14(10-13)24(21,22)19-9-3-4-12(11-19)15-7-8-17-16(20)18-15/h2,5-8,10,12H,3-4,9,11H2,1H3,(H,17,18,20)/t12-/m1/s1. The number of hydrogen-bond acceptors (Lipinski definition) is 5. The van der Waals surface area contributed by atoms with E-state index in [9.17, 15) is 13.2 Å². The lowest BCUT2D eigenvalue weighted by Gasteiger charge is -2.31. The van der Waals surface area contributed by atoms with Gasteiger partial charge in [-0.05, 0) is 31.0 Å². The highest BCUT2D eigenvalue weighted by Gasteiger charge is 2.31. The molecule has 1 aromatic heterocycles. The minimum atomic E-state index is -3.60. The third-order valence-electron chi connectivity index (χ3n) is 4.20. The lowest BCUT2D eigenvalue weighted by molar-refractivity contribution is 0.312. The second kappa shape index (κ2) is 6.74. The zero-order valence-electron chi connectivity index (χ0n) is 13.3. The molecular weight excluding hydrogens is 330 g/mol. The molecule has 0 radical (unpaired) electrons. The lowest BCUT2D eigenvalue weighted by atomic mass is 9.96. The fourth-order valence-electron chi connectivity index (χ4n) is 2.95. The number of nitrogens with one attached hydrogen (secondary N) is 1. The molecule has 0 amide bonds. The average Bonchev–Trinajstić information content (AvgIpc) is 2.62. The van der Waals surface area contributed by atoms with Gasteiger partial charge in [-0.1, -0.05) is 6.07 Å². The SMILES string of the molecule is COc1cccc(S(=O)(=O)N2CCC[C@@H](c3ccnc(=O)[nH]3)C2)c1. The second-order valence-corrected chi connectivity index (χ2v) is 7.65. The van der Waals surface area contributed by atoms with Crippen LogP contribution >= 0.6 is 0 Å². The summed E-state index contributed by atoms with van der Waals surface area (Å²) in [6.07, 6.45) is 3.01. The highest BCUT2D eigenvalue weighted by Crippen LogP contribution is 2.29. The van der Waals surface area contributed by atoms with E-state index < -0.39 is 15.7 Å². The van der Waals surface area contributed by atoms with E-state index in [0.29, 0.717) is 18.8 Å². The molecule has 1 atom stereocenters. The van der Waals surface area contributed by atoms with Crippen molar-refractivity contribution in [1.82, 2.24) is 14.3 Å². The van der Waals surface area contributed by atoms with Crippen LogP contribution in [0.2, 0.25) is 0 Å². The summed E-state index contributed by atoms with van der Waals surface area (Å²) in [4.78, 5) is 17.9. The van der Waals surface area contributed by atoms with Gasteiger partial charge >= 0.3 is 5.69 Å². The fraction of sp³-hybridized carbons (Fsp3) is 0.375. The van der Waals surface area contributed by atoms with Crippen molar-refractivity contribution in [3.05, 3.63) is 52.7 Å². The molecule has 8 heteroatoms. The van der Waals surface area contributed by atoms with Gasteiger partial charge in [-0.3, -0.25) is 0 Å². The molecule has 0 unspecified atom stereocenters. The molecule has 2 heterocycles. The second-order valence-electron chi connectivity index (χ2n) is 5.71. The number of rotatable bonds is 4. The van der Waals surface area contributed by atoms with Crippen molar-refractivity contribution in [3.8, 4) is 5.75 Å². The summed E-state index contributed by atoms with van der Waals surface area (Å²) >= 11 is 0. The lowest BCUT2D eigenvalue weighted by Crippen LogP contribution is -2.39. The number of benzene rings is 1. The highest BCUT2D eigenvalue weighted by atomic mass is 32.2. The van der Waals surface area contributed by atoms with Gasteiger partial charge in [-0.25, -0.2) is 18.2 Å². The number of H-pyrrole nitrogens is 1. The molecule has 24 heavy (non-hydrogen) atoms. The summed E-state index contributed by atoms with van der Waals surface area (Å²) in [6, 6.07) is 8.18. The molecule has 3 rings (SSSR count). The van der Waals surface area contributed by atoms with E-state index in [1.165, 1.54) is 23.7 Å². The minimum Gasteiger partial charge on any atom is -0.497 e. The predicted octanol–water partition coefficient (Wildman–Crippen LogP) is 1.35. The van der Waals surface area contributed by atoms with Crippen molar-refractivity contribution in [1.29, 1.82) is 0 Å². The van der Waals surface area contributed by atoms with Crippen molar-refractivity contribution < 1.29 is 13.2 Å². The van der Waals surface area contributed by atoms with Crippen molar-refractivity contribution in [2.24, 2.45) is 0 Å². The largest absolute Gasteiger partial charge is 0.497 e. The number of methoxy groups -OCH3 is 1. The average molecular weight is 349 g/mol. The normalized spacial score (nSPS) is 19.1. The van der Waals surface area contributed by atoms with E-state index in [2.05, 4.69) is 9.97 Å². The van der Waals surface area contributed by atoms with Crippen molar-refractivity contribution in [2.45, 2.75) is 23.7 Å². The van der Waals surface area contributed by atoms with Gasteiger partial charge in [0, 0.05) is 37.0 Å². The topological polar surface area (TPSA) is 92.4 Å². The van der Waals surface area contributed by atoms with Gasteiger partial charge in [0.1, 0.15) is 5.75 Å². The molecule has 0 bridgehead atoms. The number of aromatic amines is 1. The fourth-order valence-corrected chi connectivity index (χ4v) is 4.51. The molecule has 0 saturated carbocycles. The maximum Gasteiger partial charge on any atom is 0.345 e. The molecule has 1 aliphatic rings. The Hall–Kier alpha value is -2.19. The summed E-state index contributed by atoms with van der Waals surface area (Å²) in [6.45, 7) is 0.796. The van der Waals surface area contributed by atoms with Crippen LogP contribution in [0.3, 0.4) is 0 Å². The number of piperidine rings is 1. The number of ether oxygens (including phenoxy) is 1. The first-order valence-electron chi connectivity index (χ1n) is 7.70. The third-order valence-corrected chi connectivity index (χ3v) is 6.06. The summed E-state index contributed by atoms with van der Waals surface area (Å²) in [5.74, 6) is 0.456. The summed E-state index contributed by atoms with van der Waals surface area (Å²) in [5.41, 5.74) is 0.306. The van der Waals surface area contributed by atoms with Crippen LogP contribution in [0.1, 0.15) is 24.5 Å². The number of sulfonamides is 1. The highest BCUT2D eigenvalue weighted by molar-refractivity contribution is 7.89. The number of nitrogens with zero attached hydrogens (tertiary/aromatic N) is 2. The number of aromatic nitrogens is 2. The van der Waals surface area contributed by atoms with Gasteiger partial charge in [0.05, 0.1) is 12.0 Å². The molecule has 1 N–H and O–H groups in total. The maximum absolute atomic E-state index is 12.9. The minimum absolute atomic E-state index is 0.0465. The van der Waals surface area contributed by atoms with E-state index in [1.54, 1.807) is 24.3 Å². The van der Waals surface area contributed by atoms with Gasteiger partial charge in [0.15, 0.2) is 0 Å². The predicted molar refractivity (Wildman–Crippen MR) is 88.6 cm³/mol. The molecule has 128 valence electrons. The van der Waals surface area contributed by atoms with Crippen LogP contribution in [0.5, 0.6) is 5.75 Å². The van der Waals surface area contributed by atoms with Gasteiger partial charge < -0.3 is 9.72 Å². The monoisotopic (exact) mass is 349 g/mol. The molecule has 1 saturated heterocycles. The first kappa shape index (κ1) is 16.7. The van der Waals surface area contributed by atoms with Crippen LogP contribution in [0.4, 0.5) is 0 Å². The zero-order chi connectivity index (χ0) is 17.2. The van der Waals surface area contributed by atoms with E-state index in [-0.39, 0.29) is 10.8 Å². The molecule has 1 aromatic carbocycles. The van der Waals surface area contributed by atoms with E-state index >= 15 is 0 Å². The van der Waals surface area contributed by atoms with Crippen molar-refractivity contribution in [3.63, 3.8) is 0 Å². The Labute approximate surface area is 140 Å². The Kier molecular flexibility index (Phi) is 4.68. The van der Waals surface area contributed by atoms with Crippen LogP contribution in [-0.2, 0) is 10.0 Å².